The molecule has 0 bridgehead atoms. The summed E-state index contributed by atoms with van der Waals surface area (Å²) in [5.74, 6) is -0.146. The maximum Gasteiger partial charge on any atom is 0.274 e. The molecule has 0 aliphatic carbocycles. The predicted molar refractivity (Wildman–Crippen MR) is 116 cm³/mol. The second-order valence-electron chi connectivity index (χ2n) is 7.92. The molecule has 0 aromatic carbocycles. The highest BCUT2D eigenvalue weighted by Crippen LogP contribution is 2.17. The van der Waals surface area contributed by atoms with Gasteiger partial charge >= 0.3 is 0 Å². The minimum Gasteiger partial charge on any atom is -0.383 e. The number of carbonyl (C=O) groups excluding carboxylic acids is 1. The average molecular weight is 425 g/mol. The SMILES string of the molecule is COCCn1nc(C(=O)N2CCN(Cc3c(C)nc4cc(C)ccn34)CC2)ccc1=O. The zero-order valence-corrected chi connectivity index (χ0v) is 18.2. The van der Waals surface area contributed by atoms with E-state index in [-0.39, 0.29) is 17.2 Å². The number of ether oxygens (including phenoxy) is 1. The van der Waals surface area contributed by atoms with E-state index in [9.17, 15) is 9.59 Å². The van der Waals surface area contributed by atoms with Gasteiger partial charge in [-0.25, -0.2) is 9.67 Å². The van der Waals surface area contributed by atoms with Gasteiger partial charge in [-0.3, -0.25) is 14.5 Å². The molecule has 1 fully saturated rings. The quantitative estimate of drug-likeness (QED) is 0.589. The highest BCUT2D eigenvalue weighted by atomic mass is 16.5. The Hall–Kier alpha value is -3.04. The lowest BCUT2D eigenvalue weighted by Crippen LogP contribution is -2.48. The van der Waals surface area contributed by atoms with Crippen molar-refractivity contribution in [3.05, 3.63) is 63.5 Å². The van der Waals surface area contributed by atoms with E-state index in [1.54, 1.807) is 12.0 Å². The number of rotatable bonds is 6. The maximum atomic E-state index is 12.9. The fraction of sp³-hybridized carbons (Fsp3) is 0.455. The molecule has 3 aromatic rings. The predicted octanol–water partition coefficient (Wildman–Crippen LogP) is 1.11. The van der Waals surface area contributed by atoms with Crippen LogP contribution < -0.4 is 5.56 Å². The van der Waals surface area contributed by atoms with Gasteiger partial charge in [0.05, 0.1) is 24.5 Å². The van der Waals surface area contributed by atoms with Gasteiger partial charge in [-0.15, -0.1) is 0 Å². The van der Waals surface area contributed by atoms with Crippen molar-refractivity contribution in [2.45, 2.75) is 26.9 Å². The van der Waals surface area contributed by atoms with E-state index in [0.29, 0.717) is 26.2 Å². The highest BCUT2D eigenvalue weighted by molar-refractivity contribution is 5.92. The van der Waals surface area contributed by atoms with Crippen molar-refractivity contribution in [2.24, 2.45) is 0 Å². The Kier molecular flexibility index (Phi) is 6.15. The summed E-state index contributed by atoms with van der Waals surface area (Å²) in [4.78, 5) is 33.6. The molecule has 164 valence electrons. The van der Waals surface area contributed by atoms with Gasteiger partial charge in [-0.2, -0.15) is 5.10 Å². The summed E-state index contributed by atoms with van der Waals surface area (Å²) in [6, 6.07) is 7.07. The Morgan fingerprint density at radius 1 is 1.13 bits per heavy atom. The number of carbonyl (C=O) groups is 1. The van der Waals surface area contributed by atoms with Gasteiger partial charge < -0.3 is 14.0 Å². The molecule has 31 heavy (non-hydrogen) atoms. The minimum atomic E-state index is -0.239. The van der Waals surface area contributed by atoms with Crippen LogP contribution in [0.4, 0.5) is 0 Å². The minimum absolute atomic E-state index is 0.146. The molecule has 0 N–H and O–H groups in total. The van der Waals surface area contributed by atoms with E-state index in [1.165, 1.54) is 28.1 Å². The summed E-state index contributed by atoms with van der Waals surface area (Å²) < 4.78 is 8.43. The van der Waals surface area contributed by atoms with Crippen LogP contribution in [0.2, 0.25) is 0 Å². The van der Waals surface area contributed by atoms with Crippen LogP contribution in [0.15, 0.2) is 35.3 Å². The molecule has 1 amide bonds. The third-order valence-corrected chi connectivity index (χ3v) is 5.71. The van der Waals surface area contributed by atoms with Gasteiger partial charge in [-0.1, -0.05) is 0 Å². The third kappa shape index (κ3) is 4.52. The van der Waals surface area contributed by atoms with Crippen LogP contribution in [0.1, 0.15) is 27.4 Å². The molecule has 0 radical (unpaired) electrons. The first kappa shape index (κ1) is 21.2. The molecule has 3 aromatic heterocycles. The summed E-state index contributed by atoms with van der Waals surface area (Å²) in [7, 11) is 1.56. The van der Waals surface area contributed by atoms with Gasteiger partial charge in [0, 0.05) is 52.1 Å². The van der Waals surface area contributed by atoms with Gasteiger partial charge in [0.1, 0.15) is 11.3 Å². The fourth-order valence-corrected chi connectivity index (χ4v) is 3.89. The number of amides is 1. The Morgan fingerprint density at radius 2 is 1.90 bits per heavy atom. The summed E-state index contributed by atoms with van der Waals surface area (Å²) in [6.45, 7) is 8.37. The number of pyridine rings is 1. The molecule has 1 aliphatic rings. The lowest BCUT2D eigenvalue weighted by atomic mass is 10.2. The number of piperazine rings is 1. The second-order valence-corrected chi connectivity index (χ2v) is 7.92. The molecular formula is C22H28N6O3. The van der Waals surface area contributed by atoms with Crippen molar-refractivity contribution < 1.29 is 9.53 Å². The number of aromatic nitrogens is 4. The van der Waals surface area contributed by atoms with E-state index < -0.39 is 0 Å². The first-order valence-electron chi connectivity index (χ1n) is 10.5. The van der Waals surface area contributed by atoms with Crippen molar-refractivity contribution >= 4 is 11.6 Å². The van der Waals surface area contributed by atoms with Gasteiger partial charge in [0.25, 0.3) is 11.5 Å². The molecule has 0 unspecified atom stereocenters. The van der Waals surface area contributed by atoms with E-state index in [0.717, 1.165) is 31.0 Å². The smallest absolute Gasteiger partial charge is 0.274 e. The molecule has 4 heterocycles. The normalized spacial score (nSPS) is 15.0. The van der Waals surface area contributed by atoms with Crippen molar-refractivity contribution in [2.75, 3.05) is 39.9 Å². The largest absolute Gasteiger partial charge is 0.383 e. The number of fused-ring (bicyclic) bond motifs is 1. The van der Waals surface area contributed by atoms with Crippen LogP contribution in [0.3, 0.4) is 0 Å². The Balaban J connectivity index is 1.41. The van der Waals surface area contributed by atoms with Crippen LogP contribution in [-0.4, -0.2) is 74.8 Å². The van der Waals surface area contributed by atoms with Crippen LogP contribution in [0, 0.1) is 13.8 Å². The van der Waals surface area contributed by atoms with Crippen LogP contribution in [0.5, 0.6) is 0 Å². The average Bonchev–Trinajstić information content (AvgIpc) is 3.07. The molecule has 1 saturated heterocycles. The Bertz CT molecular complexity index is 1140. The topological polar surface area (TPSA) is 85.0 Å². The highest BCUT2D eigenvalue weighted by Gasteiger charge is 2.24. The van der Waals surface area contributed by atoms with Gasteiger partial charge in [0.2, 0.25) is 0 Å². The van der Waals surface area contributed by atoms with Crippen LogP contribution in [-0.2, 0) is 17.8 Å². The van der Waals surface area contributed by atoms with E-state index >= 15 is 0 Å². The molecule has 9 nitrogen and oxygen atoms in total. The summed E-state index contributed by atoms with van der Waals surface area (Å²) in [5, 5.41) is 4.23. The number of nitrogens with zero attached hydrogens (tertiary/aromatic N) is 6. The monoisotopic (exact) mass is 424 g/mol. The molecular weight excluding hydrogens is 396 g/mol. The van der Waals surface area contributed by atoms with Gasteiger partial charge in [-0.05, 0) is 37.6 Å². The Labute approximate surface area is 180 Å². The number of methoxy groups -OCH3 is 1. The van der Waals surface area contributed by atoms with Gasteiger partial charge in [0.15, 0.2) is 0 Å². The van der Waals surface area contributed by atoms with Crippen molar-refractivity contribution in [3.63, 3.8) is 0 Å². The van der Waals surface area contributed by atoms with E-state index in [1.807, 2.05) is 6.92 Å². The lowest BCUT2D eigenvalue weighted by molar-refractivity contribution is 0.0617. The maximum absolute atomic E-state index is 12.9. The lowest BCUT2D eigenvalue weighted by Gasteiger charge is -2.34. The first-order chi connectivity index (χ1) is 15.0. The standard InChI is InChI=1S/C22H28N6O3/c1-16-6-7-27-19(17(2)23-20(27)14-16)15-25-8-10-26(11-9-25)22(30)18-4-5-21(29)28(24-18)12-13-31-3/h4-7,14H,8-13,15H2,1-3H3. The zero-order chi connectivity index (χ0) is 22.0. The number of hydrogen-bond acceptors (Lipinski definition) is 6. The number of aryl methyl sites for hydroxylation is 2. The summed E-state index contributed by atoms with van der Waals surface area (Å²) in [5.41, 5.74) is 4.43. The van der Waals surface area contributed by atoms with Crippen molar-refractivity contribution in [1.29, 1.82) is 0 Å². The molecule has 0 saturated carbocycles. The first-order valence-corrected chi connectivity index (χ1v) is 10.5. The molecule has 0 spiro atoms. The molecule has 1 aliphatic heterocycles. The second kappa shape index (κ2) is 8.99. The van der Waals surface area contributed by atoms with Crippen LogP contribution in [0.25, 0.3) is 5.65 Å². The molecule has 9 heteroatoms. The fourth-order valence-electron chi connectivity index (χ4n) is 3.89. The number of hydrogen-bond donors (Lipinski definition) is 0. The van der Waals surface area contributed by atoms with E-state index in [2.05, 4.69) is 44.6 Å². The Morgan fingerprint density at radius 3 is 2.65 bits per heavy atom. The summed E-state index contributed by atoms with van der Waals surface area (Å²) >= 11 is 0. The van der Waals surface area contributed by atoms with Crippen LogP contribution >= 0.6 is 0 Å². The molecule has 4 rings (SSSR count). The van der Waals surface area contributed by atoms with E-state index in [4.69, 9.17) is 4.74 Å². The third-order valence-electron chi connectivity index (χ3n) is 5.71. The number of imidazole rings is 1. The van der Waals surface area contributed by atoms with Crippen molar-refractivity contribution in [3.8, 4) is 0 Å². The summed E-state index contributed by atoms with van der Waals surface area (Å²) in [6.07, 6.45) is 2.07. The zero-order valence-electron chi connectivity index (χ0n) is 18.2. The van der Waals surface area contributed by atoms with Crippen molar-refractivity contribution in [1.82, 2.24) is 29.0 Å². The molecule has 0 atom stereocenters.